The summed E-state index contributed by atoms with van der Waals surface area (Å²) in [7, 11) is -3.54. The van der Waals surface area contributed by atoms with Crippen molar-refractivity contribution in [2.24, 2.45) is 0 Å². The van der Waals surface area contributed by atoms with Crippen LogP contribution in [0.3, 0.4) is 0 Å². The minimum absolute atomic E-state index is 0.196. The molecule has 0 radical (unpaired) electrons. The third kappa shape index (κ3) is 5.74. The van der Waals surface area contributed by atoms with Crippen LogP contribution in [0.15, 0.2) is 44.2 Å². The maximum atomic E-state index is 12.1. The van der Waals surface area contributed by atoms with Gasteiger partial charge in [0.2, 0.25) is 10.0 Å². The lowest BCUT2D eigenvalue weighted by Gasteiger charge is -2.09. The number of benzene rings is 1. The van der Waals surface area contributed by atoms with Crippen molar-refractivity contribution in [3.8, 4) is 0 Å². The first kappa shape index (κ1) is 16.8. The lowest BCUT2D eigenvalue weighted by Crippen LogP contribution is -2.28. The SMILES string of the molecule is C=C(C)COCCNS(=O)(=O)c1cc(Br)ccc1Br. The number of ether oxygens (including phenoxy) is 1. The normalized spacial score (nSPS) is 11.5. The monoisotopic (exact) mass is 411 g/mol. The Morgan fingerprint density at radius 1 is 1.42 bits per heavy atom. The van der Waals surface area contributed by atoms with Crippen molar-refractivity contribution in [2.45, 2.75) is 11.8 Å². The van der Waals surface area contributed by atoms with E-state index in [1.165, 1.54) is 0 Å². The zero-order chi connectivity index (χ0) is 14.5. The zero-order valence-corrected chi connectivity index (χ0v) is 14.4. The molecule has 0 aliphatic rings. The molecule has 1 aromatic carbocycles. The highest BCUT2D eigenvalue weighted by Crippen LogP contribution is 2.25. The molecule has 1 aromatic rings. The number of nitrogens with one attached hydrogen (secondary N) is 1. The molecular formula is C12H15Br2NO3S. The Bertz CT molecular complexity index is 558. The molecule has 0 fully saturated rings. The molecule has 0 saturated carbocycles. The fraction of sp³-hybridized carbons (Fsp3) is 0.333. The summed E-state index contributed by atoms with van der Waals surface area (Å²) in [6.07, 6.45) is 0. The molecule has 0 amide bonds. The third-order valence-corrected chi connectivity index (χ3v) is 5.02. The average molecular weight is 413 g/mol. The highest BCUT2D eigenvalue weighted by Gasteiger charge is 2.17. The predicted octanol–water partition coefficient (Wildman–Crippen LogP) is 3.08. The Morgan fingerprint density at radius 3 is 2.74 bits per heavy atom. The minimum atomic E-state index is -3.54. The predicted molar refractivity (Wildman–Crippen MR) is 82.7 cm³/mol. The van der Waals surface area contributed by atoms with Crippen LogP contribution in [-0.4, -0.2) is 28.2 Å². The van der Waals surface area contributed by atoms with Crippen LogP contribution in [0.1, 0.15) is 6.92 Å². The molecule has 1 rings (SSSR count). The molecule has 0 unspecified atom stereocenters. The molecule has 0 aliphatic carbocycles. The Balaban J connectivity index is 2.61. The van der Waals surface area contributed by atoms with Gasteiger partial charge in [0.1, 0.15) is 0 Å². The average Bonchev–Trinajstić information content (AvgIpc) is 2.31. The highest BCUT2D eigenvalue weighted by atomic mass is 79.9. The molecule has 0 saturated heterocycles. The fourth-order valence-corrected chi connectivity index (χ4v) is 3.77. The summed E-state index contributed by atoms with van der Waals surface area (Å²) in [5.41, 5.74) is 0.901. The van der Waals surface area contributed by atoms with E-state index in [0.29, 0.717) is 22.2 Å². The van der Waals surface area contributed by atoms with Gasteiger partial charge >= 0.3 is 0 Å². The molecule has 0 bridgehead atoms. The molecule has 106 valence electrons. The van der Waals surface area contributed by atoms with Gasteiger partial charge in [0, 0.05) is 15.5 Å². The second-order valence-corrected chi connectivity index (χ2v) is 7.49. The number of hydrogen-bond acceptors (Lipinski definition) is 3. The van der Waals surface area contributed by atoms with Crippen molar-refractivity contribution in [2.75, 3.05) is 19.8 Å². The number of hydrogen-bond donors (Lipinski definition) is 1. The van der Waals surface area contributed by atoms with E-state index < -0.39 is 10.0 Å². The second-order valence-electron chi connectivity index (χ2n) is 3.98. The van der Waals surface area contributed by atoms with E-state index in [1.54, 1.807) is 18.2 Å². The van der Waals surface area contributed by atoms with Gasteiger partial charge in [0.05, 0.1) is 18.1 Å². The Labute approximate surface area is 130 Å². The standard InChI is InChI=1S/C12H15Br2NO3S/c1-9(2)8-18-6-5-15-19(16,17)12-7-10(13)3-4-11(12)14/h3-4,7,15H,1,5-6,8H2,2H3. The van der Waals surface area contributed by atoms with Gasteiger partial charge in [0.15, 0.2) is 0 Å². The van der Waals surface area contributed by atoms with Gasteiger partial charge < -0.3 is 4.74 Å². The van der Waals surface area contributed by atoms with Crippen molar-refractivity contribution in [3.05, 3.63) is 39.3 Å². The van der Waals surface area contributed by atoms with Gasteiger partial charge in [-0.05, 0) is 41.1 Å². The van der Waals surface area contributed by atoms with E-state index >= 15 is 0 Å². The first-order valence-electron chi connectivity index (χ1n) is 5.50. The van der Waals surface area contributed by atoms with Gasteiger partial charge in [0.25, 0.3) is 0 Å². The lowest BCUT2D eigenvalue weighted by atomic mass is 10.4. The number of rotatable bonds is 7. The van der Waals surface area contributed by atoms with E-state index in [4.69, 9.17) is 4.74 Å². The van der Waals surface area contributed by atoms with E-state index in [2.05, 4.69) is 43.2 Å². The molecular weight excluding hydrogens is 398 g/mol. The smallest absolute Gasteiger partial charge is 0.241 e. The molecule has 1 N–H and O–H groups in total. The van der Waals surface area contributed by atoms with Crippen LogP contribution >= 0.6 is 31.9 Å². The van der Waals surface area contributed by atoms with Crippen molar-refractivity contribution in [1.29, 1.82) is 0 Å². The van der Waals surface area contributed by atoms with E-state index in [0.717, 1.165) is 5.57 Å². The zero-order valence-electron chi connectivity index (χ0n) is 10.4. The van der Waals surface area contributed by atoms with Gasteiger partial charge in [-0.1, -0.05) is 28.1 Å². The minimum Gasteiger partial charge on any atom is -0.376 e. The van der Waals surface area contributed by atoms with Crippen LogP contribution in [-0.2, 0) is 14.8 Å². The second kappa shape index (κ2) is 7.54. The summed E-state index contributed by atoms with van der Waals surface area (Å²) in [6, 6.07) is 4.98. The van der Waals surface area contributed by atoms with Crippen molar-refractivity contribution >= 4 is 41.9 Å². The molecule has 0 heterocycles. The van der Waals surface area contributed by atoms with Crippen molar-refractivity contribution < 1.29 is 13.2 Å². The molecule has 4 nitrogen and oxygen atoms in total. The van der Waals surface area contributed by atoms with Crippen LogP contribution in [0.25, 0.3) is 0 Å². The molecule has 0 atom stereocenters. The fourth-order valence-electron chi connectivity index (χ4n) is 1.26. The Morgan fingerprint density at radius 2 is 2.11 bits per heavy atom. The molecule has 19 heavy (non-hydrogen) atoms. The van der Waals surface area contributed by atoms with Crippen LogP contribution in [0.4, 0.5) is 0 Å². The third-order valence-electron chi connectivity index (χ3n) is 2.07. The van der Waals surface area contributed by atoms with Crippen molar-refractivity contribution in [3.63, 3.8) is 0 Å². The highest BCUT2D eigenvalue weighted by molar-refractivity contribution is 9.11. The van der Waals surface area contributed by atoms with E-state index in [1.807, 2.05) is 6.92 Å². The summed E-state index contributed by atoms with van der Waals surface area (Å²) in [6.45, 7) is 6.50. The van der Waals surface area contributed by atoms with Crippen LogP contribution in [0.2, 0.25) is 0 Å². The number of halogens is 2. The summed E-state index contributed by atoms with van der Waals surface area (Å²) in [5, 5.41) is 0. The Kier molecular flexibility index (Phi) is 6.68. The topological polar surface area (TPSA) is 55.4 Å². The van der Waals surface area contributed by atoms with Gasteiger partial charge in [-0.2, -0.15) is 0 Å². The number of sulfonamides is 1. The van der Waals surface area contributed by atoms with Crippen LogP contribution in [0, 0.1) is 0 Å². The first-order valence-corrected chi connectivity index (χ1v) is 8.56. The largest absolute Gasteiger partial charge is 0.376 e. The van der Waals surface area contributed by atoms with Gasteiger partial charge in [-0.15, -0.1) is 0 Å². The Hall–Kier alpha value is -0.210. The quantitative estimate of drug-likeness (QED) is 0.553. The van der Waals surface area contributed by atoms with Crippen LogP contribution < -0.4 is 4.72 Å². The van der Waals surface area contributed by atoms with E-state index in [-0.39, 0.29) is 11.4 Å². The molecule has 0 aromatic heterocycles. The van der Waals surface area contributed by atoms with Gasteiger partial charge in [-0.25, -0.2) is 13.1 Å². The maximum absolute atomic E-state index is 12.1. The summed E-state index contributed by atoms with van der Waals surface area (Å²) in [4.78, 5) is 0.196. The van der Waals surface area contributed by atoms with Crippen molar-refractivity contribution in [1.82, 2.24) is 4.72 Å². The van der Waals surface area contributed by atoms with Crippen LogP contribution in [0.5, 0.6) is 0 Å². The summed E-state index contributed by atoms with van der Waals surface area (Å²) in [5.74, 6) is 0. The molecule has 0 aliphatic heterocycles. The summed E-state index contributed by atoms with van der Waals surface area (Å²) >= 11 is 6.48. The molecule has 0 spiro atoms. The van der Waals surface area contributed by atoms with E-state index in [9.17, 15) is 8.42 Å². The summed E-state index contributed by atoms with van der Waals surface area (Å²) < 4.78 is 33.1. The lowest BCUT2D eigenvalue weighted by molar-refractivity contribution is 0.162. The maximum Gasteiger partial charge on any atom is 0.241 e. The first-order chi connectivity index (χ1) is 8.83. The molecule has 7 heteroatoms. The van der Waals surface area contributed by atoms with Gasteiger partial charge in [-0.3, -0.25) is 0 Å².